The monoisotopic (exact) mass is 478 g/mol. The van der Waals surface area contributed by atoms with Crippen molar-refractivity contribution < 1.29 is 18.0 Å². The molecule has 32 heavy (non-hydrogen) atoms. The quantitative estimate of drug-likeness (QED) is 0.672. The molecule has 0 aliphatic carbocycles. The summed E-state index contributed by atoms with van der Waals surface area (Å²) in [6.45, 7) is 2.43. The summed E-state index contributed by atoms with van der Waals surface area (Å²) >= 11 is 1.29. The minimum absolute atomic E-state index is 0.0756. The molecule has 2 aliphatic rings. The van der Waals surface area contributed by atoms with Crippen LogP contribution in [0.3, 0.4) is 0 Å². The predicted octanol–water partition coefficient (Wildman–Crippen LogP) is 1.69. The van der Waals surface area contributed by atoms with Crippen molar-refractivity contribution in [3.05, 3.63) is 23.2 Å². The van der Waals surface area contributed by atoms with Crippen LogP contribution < -0.4 is 15.1 Å². The van der Waals surface area contributed by atoms with Gasteiger partial charge in [-0.2, -0.15) is 0 Å². The SMILES string of the molecule is CCc1nnc(NC(=O)CN2C(=O)[C@H]3CCCCN3c3ccc(S(=O)(=O)N(C)C)cc32)s1. The van der Waals surface area contributed by atoms with E-state index in [1.165, 1.54) is 36.4 Å². The van der Waals surface area contributed by atoms with Crippen molar-refractivity contribution in [2.75, 3.05) is 42.3 Å². The zero-order valence-corrected chi connectivity index (χ0v) is 19.9. The molecule has 4 rings (SSSR count). The number of benzene rings is 1. The zero-order valence-electron chi connectivity index (χ0n) is 18.2. The number of hydrogen-bond donors (Lipinski definition) is 1. The fourth-order valence-corrected chi connectivity index (χ4v) is 5.64. The lowest BCUT2D eigenvalue weighted by molar-refractivity contribution is -0.123. The Hall–Kier alpha value is -2.57. The summed E-state index contributed by atoms with van der Waals surface area (Å²) in [5, 5.41) is 11.8. The highest BCUT2D eigenvalue weighted by Crippen LogP contribution is 2.40. The highest BCUT2D eigenvalue weighted by molar-refractivity contribution is 7.89. The Bertz CT molecular complexity index is 1150. The Labute approximate surface area is 191 Å². The molecule has 2 amide bonds. The van der Waals surface area contributed by atoms with E-state index in [2.05, 4.69) is 15.5 Å². The number of rotatable bonds is 6. The van der Waals surface area contributed by atoms with Gasteiger partial charge in [-0.25, -0.2) is 12.7 Å². The van der Waals surface area contributed by atoms with Crippen molar-refractivity contribution in [3.63, 3.8) is 0 Å². The highest BCUT2D eigenvalue weighted by atomic mass is 32.2. The third kappa shape index (κ3) is 4.09. The number of carbonyl (C=O) groups excluding carboxylic acids is 2. The normalized spacial score (nSPS) is 18.5. The van der Waals surface area contributed by atoms with Crippen LogP contribution in [0.25, 0.3) is 0 Å². The first-order valence-corrected chi connectivity index (χ1v) is 12.7. The van der Waals surface area contributed by atoms with Crippen LogP contribution in [0.2, 0.25) is 0 Å². The molecule has 0 radical (unpaired) electrons. The summed E-state index contributed by atoms with van der Waals surface area (Å²) in [5.41, 5.74) is 1.20. The van der Waals surface area contributed by atoms with Crippen LogP contribution in [0.15, 0.2) is 23.1 Å². The molecular formula is C20H26N6O4S2. The van der Waals surface area contributed by atoms with E-state index in [0.29, 0.717) is 30.2 Å². The van der Waals surface area contributed by atoms with E-state index < -0.39 is 15.9 Å². The fraction of sp³-hybridized carbons (Fsp3) is 0.500. The molecule has 1 N–H and O–H groups in total. The van der Waals surface area contributed by atoms with Gasteiger partial charge in [0, 0.05) is 20.6 Å². The van der Waals surface area contributed by atoms with Crippen LogP contribution >= 0.6 is 11.3 Å². The number of aryl methyl sites for hydroxylation is 1. The molecule has 2 aromatic rings. The number of nitrogens with one attached hydrogen (secondary N) is 1. The van der Waals surface area contributed by atoms with E-state index in [1.807, 2.05) is 11.8 Å². The zero-order chi connectivity index (χ0) is 23.0. The maximum Gasteiger partial charge on any atom is 0.250 e. The van der Waals surface area contributed by atoms with Gasteiger partial charge in [-0.05, 0) is 43.9 Å². The molecule has 10 nitrogen and oxygen atoms in total. The molecule has 172 valence electrons. The van der Waals surface area contributed by atoms with Crippen LogP contribution in [0.5, 0.6) is 0 Å². The van der Waals surface area contributed by atoms with Crippen LogP contribution in [-0.2, 0) is 26.0 Å². The standard InChI is InChI=1S/C20H26N6O4S2/c1-4-18-22-23-20(31-18)21-17(27)12-26-16-11-13(32(29,30)24(2)3)8-9-14(16)25-10-6-5-7-15(25)19(26)28/h8-9,11,15H,4-7,10,12H2,1-3H3,(H,21,23,27)/t15-/m1/s1. The Kier molecular flexibility index (Phi) is 6.19. The number of hydrogen-bond acceptors (Lipinski definition) is 8. The number of piperidine rings is 1. The third-order valence-electron chi connectivity index (χ3n) is 5.70. The van der Waals surface area contributed by atoms with Crippen LogP contribution in [0.4, 0.5) is 16.5 Å². The number of sulfonamides is 1. The lowest BCUT2D eigenvalue weighted by atomic mass is 9.96. The maximum atomic E-state index is 13.4. The van der Waals surface area contributed by atoms with Gasteiger partial charge in [0.15, 0.2) is 0 Å². The van der Waals surface area contributed by atoms with Gasteiger partial charge in [0.1, 0.15) is 17.6 Å². The van der Waals surface area contributed by atoms with Gasteiger partial charge in [-0.1, -0.05) is 18.3 Å². The average Bonchev–Trinajstić information content (AvgIpc) is 3.23. The van der Waals surface area contributed by atoms with Gasteiger partial charge in [0.2, 0.25) is 27.0 Å². The number of anilines is 3. The third-order valence-corrected chi connectivity index (χ3v) is 8.49. The summed E-state index contributed by atoms with van der Waals surface area (Å²) in [6.07, 6.45) is 3.30. The first-order chi connectivity index (χ1) is 15.2. The van der Waals surface area contributed by atoms with Crippen molar-refractivity contribution in [3.8, 4) is 0 Å². The molecule has 0 saturated carbocycles. The van der Waals surface area contributed by atoms with Crippen LogP contribution in [0.1, 0.15) is 31.2 Å². The molecule has 0 spiro atoms. The van der Waals surface area contributed by atoms with Crippen molar-refractivity contribution in [2.45, 2.75) is 43.5 Å². The van der Waals surface area contributed by atoms with Gasteiger partial charge in [0.05, 0.1) is 16.3 Å². The Morgan fingerprint density at radius 2 is 2.03 bits per heavy atom. The van der Waals surface area contributed by atoms with E-state index in [0.717, 1.165) is 27.8 Å². The van der Waals surface area contributed by atoms with Gasteiger partial charge >= 0.3 is 0 Å². The molecule has 12 heteroatoms. The van der Waals surface area contributed by atoms with Gasteiger partial charge in [-0.15, -0.1) is 10.2 Å². The Morgan fingerprint density at radius 3 is 2.72 bits per heavy atom. The van der Waals surface area contributed by atoms with Crippen LogP contribution in [-0.4, -0.2) is 68.0 Å². The molecule has 1 aromatic heterocycles. The first-order valence-electron chi connectivity index (χ1n) is 10.5. The number of aromatic nitrogens is 2. The number of fused-ring (bicyclic) bond motifs is 3. The summed E-state index contributed by atoms with van der Waals surface area (Å²) in [6, 6.07) is 4.43. The summed E-state index contributed by atoms with van der Waals surface area (Å²) in [5.74, 6) is -0.605. The topological polar surface area (TPSA) is 116 Å². The van der Waals surface area contributed by atoms with Crippen LogP contribution in [0, 0.1) is 0 Å². The second-order valence-corrected chi connectivity index (χ2v) is 11.2. The lowest BCUT2D eigenvalue weighted by Gasteiger charge is -2.45. The summed E-state index contributed by atoms with van der Waals surface area (Å²) < 4.78 is 26.5. The fourth-order valence-electron chi connectivity index (χ4n) is 4.02. The van der Waals surface area contributed by atoms with E-state index in [1.54, 1.807) is 12.1 Å². The van der Waals surface area contributed by atoms with Crippen molar-refractivity contribution in [2.24, 2.45) is 0 Å². The van der Waals surface area contributed by atoms with Gasteiger partial charge in [0.25, 0.3) is 0 Å². The van der Waals surface area contributed by atoms with E-state index in [-0.39, 0.29) is 23.4 Å². The van der Waals surface area contributed by atoms with E-state index in [4.69, 9.17) is 0 Å². The van der Waals surface area contributed by atoms with E-state index in [9.17, 15) is 18.0 Å². The van der Waals surface area contributed by atoms with Gasteiger partial charge < -0.3 is 4.90 Å². The van der Waals surface area contributed by atoms with E-state index >= 15 is 0 Å². The van der Waals surface area contributed by atoms with Crippen molar-refractivity contribution >= 4 is 49.7 Å². The second-order valence-electron chi connectivity index (χ2n) is 7.97. The molecule has 2 aliphatic heterocycles. The van der Waals surface area contributed by atoms with Crippen molar-refractivity contribution in [1.29, 1.82) is 0 Å². The predicted molar refractivity (Wildman–Crippen MR) is 123 cm³/mol. The molecule has 1 saturated heterocycles. The molecule has 1 aromatic carbocycles. The lowest BCUT2D eigenvalue weighted by Crippen LogP contribution is -2.56. The molecule has 0 unspecified atom stereocenters. The maximum absolute atomic E-state index is 13.4. The number of nitrogens with zero attached hydrogens (tertiary/aromatic N) is 5. The average molecular weight is 479 g/mol. The van der Waals surface area contributed by atoms with Crippen molar-refractivity contribution in [1.82, 2.24) is 14.5 Å². The molecular weight excluding hydrogens is 452 g/mol. The molecule has 1 fully saturated rings. The van der Waals surface area contributed by atoms with Gasteiger partial charge in [-0.3, -0.25) is 19.8 Å². The Balaban J connectivity index is 1.69. The number of carbonyl (C=O) groups is 2. The largest absolute Gasteiger partial charge is 0.358 e. The summed E-state index contributed by atoms with van der Waals surface area (Å²) in [7, 11) is -0.785. The smallest absolute Gasteiger partial charge is 0.250 e. The first kappa shape index (κ1) is 22.6. The minimum Gasteiger partial charge on any atom is -0.358 e. The molecule has 1 atom stereocenters. The summed E-state index contributed by atoms with van der Waals surface area (Å²) in [4.78, 5) is 29.7. The minimum atomic E-state index is -3.70. The Morgan fingerprint density at radius 1 is 1.25 bits per heavy atom. The highest BCUT2D eigenvalue weighted by Gasteiger charge is 2.40. The molecule has 3 heterocycles. The molecule has 0 bridgehead atoms. The second kappa shape index (κ2) is 8.75. The number of amides is 2.